The third-order valence-electron chi connectivity index (χ3n) is 5.45. The van der Waals surface area contributed by atoms with Crippen molar-refractivity contribution in [3.05, 3.63) is 94.5 Å². The normalized spacial score (nSPS) is 17.2. The molecule has 0 aliphatic carbocycles. The van der Waals surface area contributed by atoms with Crippen molar-refractivity contribution in [2.75, 3.05) is 10.7 Å². The number of benzene rings is 3. The molecule has 4 aromatic rings. The van der Waals surface area contributed by atoms with Crippen LogP contribution in [-0.4, -0.2) is 26.0 Å². The molecule has 2 heterocycles. The number of aryl methyl sites for hydroxylation is 2. The van der Waals surface area contributed by atoms with Crippen molar-refractivity contribution in [3.63, 3.8) is 0 Å². The van der Waals surface area contributed by atoms with E-state index < -0.39 is 5.25 Å². The van der Waals surface area contributed by atoms with E-state index >= 15 is 0 Å². The number of rotatable bonds is 4. The molecule has 8 heteroatoms. The second-order valence-corrected chi connectivity index (χ2v) is 9.62. The highest BCUT2D eigenvalue weighted by Crippen LogP contribution is 2.39. The van der Waals surface area contributed by atoms with Gasteiger partial charge in [0.1, 0.15) is 5.25 Å². The first-order valence-corrected chi connectivity index (χ1v) is 11.8. The SMILES string of the molecule is Cc1cc(C)cc(NC(=O)[C@H]2Sc3nnc(-c4ccccc4)n3N[C@H]2c2ccc(Cl)cc2)c1. The number of hydrogen-bond donors (Lipinski definition) is 2. The van der Waals surface area contributed by atoms with Crippen molar-refractivity contribution in [2.45, 2.75) is 30.3 Å². The van der Waals surface area contributed by atoms with E-state index in [2.05, 4.69) is 27.0 Å². The van der Waals surface area contributed by atoms with Crippen molar-refractivity contribution in [1.82, 2.24) is 14.9 Å². The molecule has 5 rings (SSSR count). The van der Waals surface area contributed by atoms with E-state index in [1.54, 1.807) is 0 Å². The topological polar surface area (TPSA) is 71.8 Å². The highest BCUT2D eigenvalue weighted by molar-refractivity contribution is 8.00. The van der Waals surface area contributed by atoms with Crippen LogP contribution >= 0.6 is 23.4 Å². The highest BCUT2D eigenvalue weighted by Gasteiger charge is 2.38. The Morgan fingerprint density at radius 1 is 1.00 bits per heavy atom. The molecule has 0 unspecified atom stereocenters. The highest BCUT2D eigenvalue weighted by atomic mass is 35.5. The molecule has 2 N–H and O–H groups in total. The molecule has 0 saturated heterocycles. The monoisotopic (exact) mass is 475 g/mol. The predicted octanol–water partition coefficient (Wildman–Crippen LogP) is 5.61. The second kappa shape index (κ2) is 8.92. The third kappa shape index (κ3) is 4.47. The maximum absolute atomic E-state index is 13.5. The molecule has 6 nitrogen and oxygen atoms in total. The first-order chi connectivity index (χ1) is 16.0. The number of carbonyl (C=O) groups is 1. The van der Waals surface area contributed by atoms with Gasteiger partial charge >= 0.3 is 0 Å². The summed E-state index contributed by atoms with van der Waals surface area (Å²) in [5.41, 5.74) is 8.36. The van der Waals surface area contributed by atoms with E-state index in [0.717, 1.165) is 27.9 Å². The van der Waals surface area contributed by atoms with Gasteiger partial charge in [-0.2, -0.15) is 0 Å². The lowest BCUT2D eigenvalue weighted by molar-refractivity contribution is -0.116. The molecule has 0 saturated carbocycles. The summed E-state index contributed by atoms with van der Waals surface area (Å²) in [5.74, 6) is 0.596. The van der Waals surface area contributed by atoms with E-state index in [1.807, 2.05) is 85.3 Å². The standard InChI is InChI=1S/C25H22ClN5OS/c1-15-12-16(2)14-20(13-15)27-24(32)22-21(17-8-10-19(26)11-9-17)30-31-23(28-29-25(31)33-22)18-6-4-3-5-7-18/h3-14,21-22,30H,1-2H3,(H,27,32)/t21-,22-/m0/s1. The number of nitrogens with zero attached hydrogens (tertiary/aromatic N) is 3. The van der Waals surface area contributed by atoms with Crippen LogP contribution in [0.3, 0.4) is 0 Å². The van der Waals surface area contributed by atoms with Gasteiger partial charge in [-0.3, -0.25) is 4.79 Å². The van der Waals surface area contributed by atoms with E-state index in [9.17, 15) is 4.79 Å². The number of thioether (sulfide) groups is 1. The zero-order valence-electron chi connectivity index (χ0n) is 18.1. The predicted molar refractivity (Wildman–Crippen MR) is 133 cm³/mol. The maximum atomic E-state index is 13.5. The fourth-order valence-electron chi connectivity index (χ4n) is 4.01. The van der Waals surface area contributed by atoms with Gasteiger partial charge < -0.3 is 10.7 Å². The zero-order valence-corrected chi connectivity index (χ0v) is 19.7. The van der Waals surface area contributed by atoms with Gasteiger partial charge in [-0.05, 0) is 54.8 Å². The van der Waals surface area contributed by atoms with Crippen molar-refractivity contribution in [1.29, 1.82) is 0 Å². The lowest BCUT2D eigenvalue weighted by atomic mass is 10.0. The average Bonchev–Trinajstić information content (AvgIpc) is 3.21. The largest absolute Gasteiger partial charge is 0.325 e. The summed E-state index contributed by atoms with van der Waals surface area (Å²) in [6, 6.07) is 23.1. The molecule has 1 aliphatic rings. The smallest absolute Gasteiger partial charge is 0.240 e. The number of aromatic nitrogens is 3. The van der Waals surface area contributed by atoms with Gasteiger partial charge in [0.25, 0.3) is 0 Å². The number of amides is 1. The molecule has 166 valence electrons. The van der Waals surface area contributed by atoms with E-state index in [1.165, 1.54) is 11.8 Å². The van der Waals surface area contributed by atoms with Crippen LogP contribution in [0.2, 0.25) is 5.02 Å². The van der Waals surface area contributed by atoms with Crippen LogP contribution in [0.4, 0.5) is 5.69 Å². The minimum Gasteiger partial charge on any atom is -0.325 e. The van der Waals surface area contributed by atoms with Crippen molar-refractivity contribution >= 4 is 35.0 Å². The Kier molecular flexibility index (Phi) is 5.83. The van der Waals surface area contributed by atoms with Crippen molar-refractivity contribution in [2.24, 2.45) is 0 Å². The molecule has 1 amide bonds. The molecular weight excluding hydrogens is 454 g/mol. The number of nitrogens with one attached hydrogen (secondary N) is 2. The minimum atomic E-state index is -0.465. The van der Waals surface area contributed by atoms with Crippen molar-refractivity contribution < 1.29 is 4.79 Å². The molecule has 0 spiro atoms. The quantitative estimate of drug-likeness (QED) is 0.401. The fourth-order valence-corrected chi connectivity index (χ4v) is 5.22. The van der Waals surface area contributed by atoms with Crippen LogP contribution in [0.1, 0.15) is 22.7 Å². The lowest BCUT2D eigenvalue weighted by Gasteiger charge is -2.33. The summed E-state index contributed by atoms with van der Waals surface area (Å²) in [4.78, 5) is 13.5. The molecule has 0 radical (unpaired) electrons. The zero-order chi connectivity index (χ0) is 22.9. The number of anilines is 1. The number of carbonyl (C=O) groups excluding carboxylic acids is 1. The van der Waals surface area contributed by atoms with Gasteiger partial charge in [-0.1, -0.05) is 71.9 Å². The summed E-state index contributed by atoms with van der Waals surface area (Å²) < 4.78 is 1.86. The first kappa shape index (κ1) is 21.6. The van der Waals surface area contributed by atoms with Crippen molar-refractivity contribution in [3.8, 4) is 11.4 Å². The Morgan fingerprint density at radius 2 is 1.70 bits per heavy atom. The minimum absolute atomic E-state index is 0.104. The molecule has 3 aromatic carbocycles. The molecule has 1 aromatic heterocycles. The van der Waals surface area contributed by atoms with Gasteiger partial charge in [0.15, 0.2) is 5.82 Å². The van der Waals surface area contributed by atoms with Crippen LogP contribution in [0, 0.1) is 13.8 Å². The molecule has 33 heavy (non-hydrogen) atoms. The van der Waals surface area contributed by atoms with Crippen LogP contribution < -0.4 is 10.7 Å². The van der Waals surface area contributed by atoms with Crippen LogP contribution in [0.15, 0.2) is 78.0 Å². The van der Waals surface area contributed by atoms with Gasteiger partial charge in [0.2, 0.25) is 11.1 Å². The summed E-state index contributed by atoms with van der Waals surface area (Å²) in [7, 11) is 0. The Bertz CT molecular complexity index is 1290. The van der Waals surface area contributed by atoms with E-state index in [0.29, 0.717) is 16.0 Å². The second-order valence-electron chi connectivity index (χ2n) is 8.07. The molecule has 2 atom stereocenters. The molecule has 0 bridgehead atoms. The average molecular weight is 476 g/mol. The van der Waals surface area contributed by atoms with Crippen LogP contribution in [-0.2, 0) is 4.79 Å². The van der Waals surface area contributed by atoms with E-state index in [-0.39, 0.29) is 11.9 Å². The fraction of sp³-hybridized carbons (Fsp3) is 0.160. The van der Waals surface area contributed by atoms with E-state index in [4.69, 9.17) is 11.6 Å². The summed E-state index contributed by atoms with van der Waals surface area (Å²) >= 11 is 7.52. The van der Waals surface area contributed by atoms with Gasteiger partial charge in [0, 0.05) is 16.3 Å². The van der Waals surface area contributed by atoms with Gasteiger partial charge in [0.05, 0.1) is 6.04 Å². The van der Waals surface area contributed by atoms with Gasteiger partial charge in [-0.15, -0.1) is 10.2 Å². The van der Waals surface area contributed by atoms with Crippen LogP contribution in [0.5, 0.6) is 0 Å². The third-order valence-corrected chi connectivity index (χ3v) is 6.91. The first-order valence-electron chi connectivity index (χ1n) is 10.6. The summed E-state index contributed by atoms with van der Waals surface area (Å²) in [6.07, 6.45) is 0. The lowest BCUT2D eigenvalue weighted by Crippen LogP contribution is -2.41. The Hall–Kier alpha value is -3.29. The molecule has 1 aliphatic heterocycles. The Morgan fingerprint density at radius 3 is 2.39 bits per heavy atom. The molecule has 0 fully saturated rings. The van der Waals surface area contributed by atoms with Crippen LogP contribution in [0.25, 0.3) is 11.4 Å². The van der Waals surface area contributed by atoms with Gasteiger partial charge in [-0.25, -0.2) is 4.68 Å². The Balaban J connectivity index is 1.51. The molecular formula is C25H22ClN5OS. The number of hydrogen-bond acceptors (Lipinski definition) is 5. The summed E-state index contributed by atoms with van der Waals surface area (Å²) in [5, 5.41) is 12.7. The number of fused-ring (bicyclic) bond motifs is 1. The Labute approximate surface area is 201 Å². The summed E-state index contributed by atoms with van der Waals surface area (Å²) in [6.45, 7) is 4.04. The maximum Gasteiger partial charge on any atom is 0.240 e. The number of halogens is 1.